The Morgan fingerprint density at radius 3 is 1.96 bits per heavy atom. The number of hydrogen-bond donors (Lipinski definition) is 0. The van der Waals surface area contributed by atoms with Gasteiger partial charge in [0, 0.05) is 5.41 Å². The Balaban J connectivity index is 1.84. The second kappa shape index (κ2) is 5.70. The highest BCUT2D eigenvalue weighted by atomic mass is 31.2. The lowest BCUT2D eigenvalue weighted by Crippen LogP contribution is -2.29. The van der Waals surface area contributed by atoms with Crippen LogP contribution in [0.4, 0.5) is 0 Å². The van der Waals surface area contributed by atoms with Crippen molar-refractivity contribution in [3.05, 3.63) is 60.2 Å². The predicted molar refractivity (Wildman–Crippen MR) is 98.4 cm³/mol. The molecule has 4 rings (SSSR count). The first kappa shape index (κ1) is 15.8. The van der Waals surface area contributed by atoms with E-state index >= 15 is 0 Å². The normalized spacial score (nSPS) is 19.6. The molecule has 0 aliphatic carbocycles. The van der Waals surface area contributed by atoms with Gasteiger partial charge in [0.2, 0.25) is 0 Å². The van der Waals surface area contributed by atoms with Crippen molar-refractivity contribution in [2.24, 2.45) is 5.41 Å². The maximum absolute atomic E-state index is 13.1. The van der Waals surface area contributed by atoms with E-state index in [9.17, 15) is 4.57 Å². The Bertz CT molecular complexity index is 893. The van der Waals surface area contributed by atoms with Crippen molar-refractivity contribution in [1.29, 1.82) is 0 Å². The van der Waals surface area contributed by atoms with Gasteiger partial charge in [-0.1, -0.05) is 62.4 Å². The summed E-state index contributed by atoms with van der Waals surface area (Å²) in [5, 5.41) is 4.53. The average molecular weight is 340 g/mol. The van der Waals surface area contributed by atoms with Crippen LogP contribution in [0.1, 0.15) is 19.4 Å². The zero-order chi connectivity index (χ0) is 16.8. The molecule has 1 fully saturated rings. The van der Waals surface area contributed by atoms with Crippen molar-refractivity contribution < 1.29 is 13.6 Å². The lowest BCUT2D eigenvalue weighted by molar-refractivity contribution is 0.0409. The topological polar surface area (TPSA) is 35.5 Å². The van der Waals surface area contributed by atoms with E-state index in [1.54, 1.807) is 0 Å². The lowest BCUT2D eigenvalue weighted by Gasteiger charge is -2.34. The van der Waals surface area contributed by atoms with Crippen LogP contribution >= 0.6 is 7.60 Å². The maximum atomic E-state index is 13.1. The van der Waals surface area contributed by atoms with E-state index in [4.69, 9.17) is 9.05 Å². The summed E-state index contributed by atoms with van der Waals surface area (Å²) in [6.45, 7) is 5.05. The molecule has 0 saturated carbocycles. The molecule has 1 aliphatic rings. The van der Waals surface area contributed by atoms with Crippen molar-refractivity contribution in [3.8, 4) is 0 Å². The van der Waals surface area contributed by atoms with Crippen LogP contribution in [0, 0.1) is 5.41 Å². The van der Waals surface area contributed by atoms with Gasteiger partial charge in [0.1, 0.15) is 0 Å². The average Bonchev–Trinajstić information content (AvgIpc) is 2.58. The Morgan fingerprint density at radius 2 is 1.42 bits per heavy atom. The van der Waals surface area contributed by atoms with Crippen LogP contribution in [-0.2, 0) is 19.8 Å². The smallest absolute Gasteiger partial charge is 0.308 e. The number of hydrogen-bond acceptors (Lipinski definition) is 3. The largest absolute Gasteiger partial charge is 0.335 e. The zero-order valence-corrected chi connectivity index (χ0v) is 14.9. The standard InChI is InChI=1S/C20H21O3P/c1-20(2)13-22-24(21,23-14-20)12-19-17-9-5-3-7-15(17)11-16-8-4-6-10-18(16)19/h3-11H,12-14H2,1-2H3. The van der Waals surface area contributed by atoms with Gasteiger partial charge in [-0.3, -0.25) is 4.57 Å². The van der Waals surface area contributed by atoms with Crippen molar-refractivity contribution in [1.82, 2.24) is 0 Å². The first-order valence-corrected chi connectivity index (χ1v) is 9.96. The van der Waals surface area contributed by atoms with Gasteiger partial charge < -0.3 is 9.05 Å². The summed E-state index contributed by atoms with van der Waals surface area (Å²) in [6, 6.07) is 18.6. The summed E-state index contributed by atoms with van der Waals surface area (Å²) >= 11 is 0. The molecule has 1 aliphatic heterocycles. The molecule has 0 unspecified atom stereocenters. The van der Waals surface area contributed by atoms with Gasteiger partial charge in [-0.05, 0) is 33.2 Å². The van der Waals surface area contributed by atoms with Gasteiger partial charge in [-0.2, -0.15) is 0 Å². The summed E-state index contributed by atoms with van der Waals surface area (Å²) in [5.41, 5.74) is 0.959. The van der Waals surface area contributed by atoms with Crippen molar-refractivity contribution in [3.63, 3.8) is 0 Å². The molecule has 0 radical (unpaired) electrons. The van der Waals surface area contributed by atoms with Gasteiger partial charge in [-0.25, -0.2) is 0 Å². The molecule has 0 N–H and O–H groups in total. The van der Waals surface area contributed by atoms with Crippen molar-refractivity contribution in [2.45, 2.75) is 20.0 Å². The molecule has 4 heteroatoms. The highest BCUT2D eigenvalue weighted by Gasteiger charge is 2.37. The van der Waals surface area contributed by atoms with Gasteiger partial charge in [0.25, 0.3) is 0 Å². The zero-order valence-electron chi connectivity index (χ0n) is 14.0. The molecule has 0 spiro atoms. The molecule has 3 aromatic rings. The summed E-state index contributed by atoms with van der Waals surface area (Å²) in [6.07, 6.45) is 0.310. The van der Waals surface area contributed by atoms with Crippen molar-refractivity contribution >= 4 is 29.1 Å². The molecular formula is C20H21O3P. The molecular weight excluding hydrogens is 319 g/mol. The van der Waals surface area contributed by atoms with E-state index < -0.39 is 7.60 Å². The molecule has 3 nitrogen and oxygen atoms in total. The molecule has 3 aromatic carbocycles. The van der Waals surface area contributed by atoms with Crippen LogP contribution < -0.4 is 0 Å². The fourth-order valence-electron chi connectivity index (χ4n) is 3.19. The first-order chi connectivity index (χ1) is 11.5. The Labute approximate surface area is 142 Å². The van der Waals surface area contributed by atoms with Gasteiger partial charge in [0.15, 0.2) is 0 Å². The van der Waals surface area contributed by atoms with Crippen LogP contribution in [0.2, 0.25) is 0 Å². The number of rotatable bonds is 2. The van der Waals surface area contributed by atoms with Crippen LogP contribution in [-0.4, -0.2) is 13.2 Å². The van der Waals surface area contributed by atoms with Crippen molar-refractivity contribution in [2.75, 3.05) is 13.2 Å². The maximum Gasteiger partial charge on any atom is 0.335 e. The van der Waals surface area contributed by atoms with E-state index in [1.165, 1.54) is 0 Å². The number of benzene rings is 3. The predicted octanol–water partition coefficient (Wildman–Crippen LogP) is 5.76. The Morgan fingerprint density at radius 1 is 0.917 bits per heavy atom. The lowest BCUT2D eigenvalue weighted by atomic mass is 9.97. The van der Waals surface area contributed by atoms with Crippen LogP contribution in [0.5, 0.6) is 0 Å². The molecule has 0 bridgehead atoms. The van der Waals surface area contributed by atoms with Gasteiger partial charge >= 0.3 is 7.60 Å². The molecule has 124 valence electrons. The molecule has 1 saturated heterocycles. The van der Waals surface area contributed by atoms with E-state index in [-0.39, 0.29) is 5.41 Å². The van der Waals surface area contributed by atoms with E-state index in [2.05, 4.69) is 44.2 Å². The summed E-state index contributed by atoms with van der Waals surface area (Å²) in [7, 11) is -3.12. The third kappa shape index (κ3) is 2.88. The summed E-state index contributed by atoms with van der Waals surface area (Å²) in [4.78, 5) is 0. The minimum atomic E-state index is -3.12. The highest BCUT2D eigenvalue weighted by Crippen LogP contribution is 2.57. The highest BCUT2D eigenvalue weighted by molar-refractivity contribution is 7.53. The first-order valence-electron chi connectivity index (χ1n) is 8.23. The van der Waals surface area contributed by atoms with Crippen LogP contribution in [0.15, 0.2) is 54.6 Å². The van der Waals surface area contributed by atoms with Crippen LogP contribution in [0.25, 0.3) is 21.5 Å². The third-order valence-electron chi connectivity index (χ3n) is 4.54. The van der Waals surface area contributed by atoms with E-state index in [1.807, 2.05) is 24.3 Å². The Hall–Kier alpha value is -1.67. The molecule has 0 amide bonds. The Kier molecular flexibility index (Phi) is 3.76. The van der Waals surface area contributed by atoms with E-state index in [0.29, 0.717) is 19.4 Å². The summed E-state index contributed by atoms with van der Waals surface area (Å²) in [5.74, 6) is 0. The minimum Gasteiger partial charge on any atom is -0.308 e. The quantitative estimate of drug-likeness (QED) is 0.439. The molecule has 0 atom stereocenters. The number of fused-ring (bicyclic) bond motifs is 2. The summed E-state index contributed by atoms with van der Waals surface area (Å²) < 4.78 is 24.6. The molecule has 0 aromatic heterocycles. The van der Waals surface area contributed by atoms with E-state index in [0.717, 1.165) is 27.1 Å². The second-order valence-electron chi connectivity index (χ2n) is 7.28. The van der Waals surface area contributed by atoms with Gasteiger partial charge in [0.05, 0.1) is 19.4 Å². The monoisotopic (exact) mass is 340 g/mol. The molecule has 1 heterocycles. The van der Waals surface area contributed by atoms with Gasteiger partial charge in [-0.15, -0.1) is 0 Å². The minimum absolute atomic E-state index is 0.0886. The third-order valence-corrected chi connectivity index (χ3v) is 6.29. The fraction of sp³-hybridized carbons (Fsp3) is 0.300. The SMILES string of the molecule is CC1(C)COP(=O)(Cc2c3ccccc3cc3ccccc23)OC1. The second-order valence-corrected chi connectivity index (χ2v) is 9.33. The van der Waals surface area contributed by atoms with Crippen LogP contribution in [0.3, 0.4) is 0 Å². The fourth-order valence-corrected chi connectivity index (χ4v) is 5.27. The molecule has 24 heavy (non-hydrogen) atoms.